The summed E-state index contributed by atoms with van der Waals surface area (Å²) in [5, 5.41) is 3.36. The second kappa shape index (κ2) is 2.21. The van der Waals surface area contributed by atoms with E-state index in [0.29, 0.717) is 0 Å². The van der Waals surface area contributed by atoms with Gasteiger partial charge in [0.05, 0.1) is 0 Å². The van der Waals surface area contributed by atoms with Gasteiger partial charge in [-0.15, -0.1) is 0 Å². The Hall–Kier alpha value is -0.460. The second-order valence-electron chi connectivity index (χ2n) is 2.37. The van der Waals surface area contributed by atoms with Crippen molar-refractivity contribution in [3.05, 3.63) is 11.8 Å². The molecule has 0 aromatic carbocycles. The minimum Gasteiger partial charge on any atom is -0.386 e. The molecule has 0 fully saturated rings. The van der Waals surface area contributed by atoms with E-state index in [-0.39, 0.29) is 0 Å². The van der Waals surface area contributed by atoms with Crippen LogP contribution in [0.25, 0.3) is 0 Å². The predicted octanol–water partition coefficient (Wildman–Crippen LogP) is 1.66. The van der Waals surface area contributed by atoms with E-state index in [1.54, 1.807) is 0 Å². The lowest BCUT2D eigenvalue weighted by molar-refractivity contribution is 0.594. The maximum atomic E-state index is 3.36. The Balaban J connectivity index is 2.32. The van der Waals surface area contributed by atoms with Crippen LogP contribution in [0.3, 0.4) is 0 Å². The molecule has 0 aliphatic carbocycles. The topological polar surface area (TPSA) is 12.0 Å². The Labute approximate surface area is 50.8 Å². The minimum absolute atomic E-state index is 0.731. The third-order valence-electron chi connectivity index (χ3n) is 1.63. The Kier molecular flexibility index (Phi) is 1.56. The van der Waals surface area contributed by atoms with E-state index < -0.39 is 0 Å². The standard InChI is InChI=1S/C7H13N/c1-3-7-5-4-6(2)8-7/h4,7-8H,3,5H2,1-2H3. The van der Waals surface area contributed by atoms with Crippen molar-refractivity contribution >= 4 is 0 Å². The van der Waals surface area contributed by atoms with E-state index in [1.165, 1.54) is 18.5 Å². The SMILES string of the molecule is CCC1CC=C(C)N1. The van der Waals surface area contributed by atoms with E-state index in [2.05, 4.69) is 25.2 Å². The van der Waals surface area contributed by atoms with Gasteiger partial charge in [-0.3, -0.25) is 0 Å². The van der Waals surface area contributed by atoms with Crippen LogP contribution >= 0.6 is 0 Å². The van der Waals surface area contributed by atoms with Crippen LogP contribution in [0.15, 0.2) is 11.8 Å². The summed E-state index contributed by atoms with van der Waals surface area (Å²) >= 11 is 0. The highest BCUT2D eigenvalue weighted by Crippen LogP contribution is 2.09. The number of rotatable bonds is 1. The molecule has 1 N–H and O–H groups in total. The van der Waals surface area contributed by atoms with Crippen molar-refractivity contribution in [3.8, 4) is 0 Å². The van der Waals surface area contributed by atoms with Crippen molar-refractivity contribution < 1.29 is 0 Å². The van der Waals surface area contributed by atoms with E-state index in [4.69, 9.17) is 0 Å². The van der Waals surface area contributed by atoms with Crippen molar-refractivity contribution in [1.82, 2.24) is 5.32 Å². The molecular weight excluding hydrogens is 98.1 g/mol. The first-order valence-corrected chi connectivity index (χ1v) is 3.26. The van der Waals surface area contributed by atoms with Gasteiger partial charge in [0.15, 0.2) is 0 Å². The summed E-state index contributed by atoms with van der Waals surface area (Å²) in [5.74, 6) is 0. The van der Waals surface area contributed by atoms with Crippen molar-refractivity contribution in [3.63, 3.8) is 0 Å². The molecule has 0 amide bonds. The molecule has 8 heavy (non-hydrogen) atoms. The zero-order valence-corrected chi connectivity index (χ0v) is 5.57. The van der Waals surface area contributed by atoms with Gasteiger partial charge >= 0.3 is 0 Å². The predicted molar refractivity (Wildman–Crippen MR) is 35.6 cm³/mol. The summed E-state index contributed by atoms with van der Waals surface area (Å²) in [6.45, 7) is 4.33. The molecule has 1 heterocycles. The Bertz CT molecular complexity index is 105. The third kappa shape index (κ3) is 1.03. The van der Waals surface area contributed by atoms with Crippen LogP contribution in [0.1, 0.15) is 26.7 Å². The maximum Gasteiger partial charge on any atom is 0.0290 e. The summed E-state index contributed by atoms with van der Waals surface area (Å²) in [5.41, 5.74) is 1.34. The van der Waals surface area contributed by atoms with E-state index in [0.717, 1.165) is 6.04 Å². The molecule has 0 saturated carbocycles. The molecule has 1 aliphatic rings. The lowest BCUT2D eigenvalue weighted by atomic mass is 10.2. The van der Waals surface area contributed by atoms with Crippen molar-refractivity contribution in [2.24, 2.45) is 0 Å². The van der Waals surface area contributed by atoms with E-state index in [1.807, 2.05) is 0 Å². The molecule has 0 aromatic rings. The fourth-order valence-corrected chi connectivity index (χ4v) is 1.03. The quantitative estimate of drug-likeness (QED) is 0.542. The first-order chi connectivity index (χ1) is 3.83. The molecule has 1 heteroatoms. The maximum absolute atomic E-state index is 3.36. The summed E-state index contributed by atoms with van der Waals surface area (Å²) in [4.78, 5) is 0. The van der Waals surface area contributed by atoms with Crippen LogP contribution in [0.2, 0.25) is 0 Å². The first kappa shape index (κ1) is 5.67. The molecule has 0 spiro atoms. The highest BCUT2D eigenvalue weighted by molar-refractivity contribution is 5.05. The molecule has 0 radical (unpaired) electrons. The Morgan fingerprint density at radius 2 is 2.62 bits per heavy atom. The minimum atomic E-state index is 0.731. The molecule has 1 rings (SSSR count). The van der Waals surface area contributed by atoms with Gasteiger partial charge in [0.2, 0.25) is 0 Å². The lowest BCUT2D eigenvalue weighted by Crippen LogP contribution is -2.19. The van der Waals surface area contributed by atoms with Crippen LogP contribution in [0.4, 0.5) is 0 Å². The van der Waals surface area contributed by atoms with Gasteiger partial charge in [0.25, 0.3) is 0 Å². The summed E-state index contributed by atoms with van der Waals surface area (Å²) in [7, 11) is 0. The normalized spacial score (nSPS) is 27.2. The number of nitrogens with one attached hydrogen (secondary N) is 1. The van der Waals surface area contributed by atoms with E-state index >= 15 is 0 Å². The average Bonchev–Trinajstić information content (AvgIpc) is 2.14. The van der Waals surface area contributed by atoms with Crippen LogP contribution in [-0.4, -0.2) is 6.04 Å². The highest BCUT2D eigenvalue weighted by atomic mass is 14.9. The Morgan fingerprint density at radius 1 is 1.88 bits per heavy atom. The molecule has 0 saturated heterocycles. The first-order valence-electron chi connectivity index (χ1n) is 3.26. The molecule has 1 aliphatic heterocycles. The van der Waals surface area contributed by atoms with E-state index in [9.17, 15) is 0 Å². The third-order valence-corrected chi connectivity index (χ3v) is 1.63. The van der Waals surface area contributed by atoms with Gasteiger partial charge in [-0.25, -0.2) is 0 Å². The molecular formula is C7H13N. The van der Waals surface area contributed by atoms with Crippen LogP contribution < -0.4 is 5.32 Å². The molecule has 0 aromatic heterocycles. The fraction of sp³-hybridized carbons (Fsp3) is 0.714. The van der Waals surface area contributed by atoms with Crippen molar-refractivity contribution in [2.45, 2.75) is 32.7 Å². The zero-order chi connectivity index (χ0) is 5.98. The van der Waals surface area contributed by atoms with Gasteiger partial charge in [-0.2, -0.15) is 0 Å². The molecule has 1 unspecified atom stereocenters. The second-order valence-corrected chi connectivity index (χ2v) is 2.37. The number of allylic oxidation sites excluding steroid dienone is 1. The summed E-state index contributed by atoms with van der Waals surface area (Å²) in [6.07, 6.45) is 4.73. The lowest BCUT2D eigenvalue weighted by Gasteiger charge is -2.07. The average molecular weight is 111 g/mol. The van der Waals surface area contributed by atoms with Gasteiger partial charge in [0, 0.05) is 11.7 Å². The van der Waals surface area contributed by atoms with Crippen LogP contribution in [0, 0.1) is 0 Å². The fourth-order valence-electron chi connectivity index (χ4n) is 1.03. The summed E-state index contributed by atoms with van der Waals surface area (Å²) in [6, 6.07) is 0.731. The zero-order valence-electron chi connectivity index (χ0n) is 5.57. The van der Waals surface area contributed by atoms with Crippen molar-refractivity contribution in [1.29, 1.82) is 0 Å². The van der Waals surface area contributed by atoms with Crippen LogP contribution in [-0.2, 0) is 0 Å². The largest absolute Gasteiger partial charge is 0.386 e. The monoisotopic (exact) mass is 111 g/mol. The highest BCUT2D eigenvalue weighted by Gasteiger charge is 2.08. The summed E-state index contributed by atoms with van der Waals surface area (Å²) < 4.78 is 0. The van der Waals surface area contributed by atoms with Gasteiger partial charge in [-0.1, -0.05) is 13.0 Å². The smallest absolute Gasteiger partial charge is 0.0290 e. The van der Waals surface area contributed by atoms with Gasteiger partial charge in [-0.05, 0) is 19.8 Å². The number of hydrogen-bond donors (Lipinski definition) is 1. The molecule has 0 bridgehead atoms. The Morgan fingerprint density at radius 3 is 2.88 bits per heavy atom. The van der Waals surface area contributed by atoms with Gasteiger partial charge in [0.1, 0.15) is 0 Å². The van der Waals surface area contributed by atoms with Crippen molar-refractivity contribution in [2.75, 3.05) is 0 Å². The molecule has 46 valence electrons. The molecule has 1 nitrogen and oxygen atoms in total. The van der Waals surface area contributed by atoms with Crippen LogP contribution in [0.5, 0.6) is 0 Å². The molecule has 1 atom stereocenters. The van der Waals surface area contributed by atoms with Gasteiger partial charge < -0.3 is 5.32 Å². The number of hydrogen-bond acceptors (Lipinski definition) is 1.